The molecule has 0 aromatic heterocycles. The summed E-state index contributed by atoms with van der Waals surface area (Å²) in [4.78, 5) is 11.6. The lowest BCUT2D eigenvalue weighted by atomic mass is 10.3. The largest absolute Gasteiger partial charge is 0.445 e. The van der Waals surface area contributed by atoms with Crippen LogP contribution < -0.4 is 5.32 Å². The molecule has 1 fully saturated rings. The molecule has 0 aromatic carbocycles. The minimum absolute atomic E-state index is 0.135. The summed E-state index contributed by atoms with van der Waals surface area (Å²) in [6, 6.07) is 0. The van der Waals surface area contributed by atoms with Gasteiger partial charge in [-0.25, -0.2) is 9.00 Å². The SMILES string of the molecule is C=C(/C=C\C=C/C)COC(=O)NC1(COS(C)=O)CC1. The lowest BCUT2D eigenvalue weighted by Gasteiger charge is -2.16. The van der Waals surface area contributed by atoms with Crippen LogP contribution in [0.4, 0.5) is 4.79 Å². The average Bonchev–Trinajstić information content (AvgIpc) is 3.15. The molecule has 1 unspecified atom stereocenters. The normalized spacial score (nSPS) is 18.1. The number of carbonyl (C=O) groups excluding carboxylic acids is 1. The number of ether oxygens (including phenoxy) is 1. The van der Waals surface area contributed by atoms with Crippen molar-refractivity contribution in [2.75, 3.05) is 19.5 Å². The first-order valence-electron chi connectivity index (χ1n) is 6.36. The van der Waals surface area contributed by atoms with Crippen molar-refractivity contribution in [3.63, 3.8) is 0 Å². The Labute approximate surface area is 122 Å². The number of rotatable bonds is 8. The maximum atomic E-state index is 11.6. The van der Waals surface area contributed by atoms with E-state index in [0.29, 0.717) is 5.57 Å². The number of hydrogen-bond acceptors (Lipinski definition) is 4. The molecule has 1 saturated carbocycles. The smallest absolute Gasteiger partial charge is 0.407 e. The van der Waals surface area contributed by atoms with Crippen LogP contribution in [0.3, 0.4) is 0 Å². The second-order valence-electron chi connectivity index (χ2n) is 4.69. The van der Waals surface area contributed by atoms with Crippen molar-refractivity contribution in [2.24, 2.45) is 0 Å². The maximum absolute atomic E-state index is 11.6. The van der Waals surface area contributed by atoms with Crippen molar-refractivity contribution in [1.82, 2.24) is 5.32 Å². The molecule has 0 aromatic rings. The minimum atomic E-state index is -1.32. The van der Waals surface area contributed by atoms with Crippen molar-refractivity contribution in [3.8, 4) is 0 Å². The summed E-state index contributed by atoms with van der Waals surface area (Å²) < 4.78 is 21.0. The molecule has 1 amide bonds. The van der Waals surface area contributed by atoms with Gasteiger partial charge in [0.15, 0.2) is 11.1 Å². The summed E-state index contributed by atoms with van der Waals surface area (Å²) in [6.07, 6.45) is 9.94. The van der Waals surface area contributed by atoms with Crippen LogP contribution in [0, 0.1) is 0 Å². The Balaban J connectivity index is 2.26. The molecule has 112 valence electrons. The molecule has 1 aliphatic carbocycles. The topological polar surface area (TPSA) is 64.6 Å². The quantitative estimate of drug-likeness (QED) is 0.698. The molecular formula is C14H21NO4S. The van der Waals surface area contributed by atoms with Crippen LogP contribution in [0.25, 0.3) is 0 Å². The van der Waals surface area contributed by atoms with Gasteiger partial charge in [0.2, 0.25) is 0 Å². The molecular weight excluding hydrogens is 278 g/mol. The lowest BCUT2D eigenvalue weighted by molar-refractivity contribution is 0.145. The molecule has 1 aliphatic rings. The van der Waals surface area contributed by atoms with Crippen LogP contribution in [-0.4, -0.2) is 35.3 Å². The Morgan fingerprint density at radius 1 is 1.45 bits per heavy atom. The highest BCUT2D eigenvalue weighted by molar-refractivity contribution is 7.79. The predicted octanol–water partition coefficient (Wildman–Crippen LogP) is 2.24. The first-order chi connectivity index (χ1) is 9.47. The Hall–Kier alpha value is -1.40. The van der Waals surface area contributed by atoms with Gasteiger partial charge in [-0.05, 0) is 25.3 Å². The van der Waals surface area contributed by atoms with Gasteiger partial charge in [-0.3, -0.25) is 4.18 Å². The zero-order chi connectivity index (χ0) is 15.0. The first kappa shape index (κ1) is 16.7. The van der Waals surface area contributed by atoms with E-state index in [4.69, 9.17) is 8.92 Å². The molecule has 1 rings (SSSR count). The van der Waals surface area contributed by atoms with Crippen LogP contribution in [0.2, 0.25) is 0 Å². The van der Waals surface area contributed by atoms with E-state index in [0.717, 1.165) is 12.8 Å². The van der Waals surface area contributed by atoms with E-state index in [-0.39, 0.29) is 13.2 Å². The Kier molecular flexibility index (Phi) is 6.67. The van der Waals surface area contributed by atoms with E-state index in [1.165, 1.54) is 6.26 Å². The maximum Gasteiger partial charge on any atom is 0.407 e. The van der Waals surface area contributed by atoms with Crippen molar-refractivity contribution in [3.05, 3.63) is 36.5 Å². The van der Waals surface area contributed by atoms with E-state index in [2.05, 4.69) is 11.9 Å². The van der Waals surface area contributed by atoms with E-state index < -0.39 is 22.7 Å². The fourth-order valence-electron chi connectivity index (χ4n) is 1.41. The zero-order valence-corrected chi connectivity index (χ0v) is 12.7. The Morgan fingerprint density at radius 3 is 2.70 bits per heavy atom. The van der Waals surface area contributed by atoms with Crippen molar-refractivity contribution in [1.29, 1.82) is 0 Å². The van der Waals surface area contributed by atoms with Gasteiger partial charge in [0.1, 0.15) is 6.61 Å². The molecule has 5 nitrogen and oxygen atoms in total. The van der Waals surface area contributed by atoms with E-state index in [9.17, 15) is 9.00 Å². The zero-order valence-electron chi connectivity index (χ0n) is 11.9. The minimum Gasteiger partial charge on any atom is -0.445 e. The molecule has 0 saturated heterocycles. The Bertz CT molecular complexity index is 438. The third-order valence-electron chi connectivity index (χ3n) is 2.75. The van der Waals surface area contributed by atoms with Gasteiger partial charge in [-0.15, -0.1) is 0 Å². The van der Waals surface area contributed by atoms with Crippen LogP contribution in [0.5, 0.6) is 0 Å². The van der Waals surface area contributed by atoms with Gasteiger partial charge in [0, 0.05) is 6.26 Å². The van der Waals surface area contributed by atoms with Gasteiger partial charge < -0.3 is 10.1 Å². The third-order valence-corrected chi connectivity index (χ3v) is 3.20. The predicted molar refractivity (Wildman–Crippen MR) is 79.6 cm³/mol. The summed E-state index contributed by atoms with van der Waals surface area (Å²) in [7, 11) is 0. The van der Waals surface area contributed by atoms with Crippen molar-refractivity contribution >= 4 is 17.2 Å². The third kappa shape index (κ3) is 6.68. The number of allylic oxidation sites excluding steroid dienone is 3. The summed E-state index contributed by atoms with van der Waals surface area (Å²) in [5.74, 6) is 0. The molecule has 0 bridgehead atoms. The number of hydrogen-bond donors (Lipinski definition) is 1. The highest BCUT2D eigenvalue weighted by Crippen LogP contribution is 2.35. The summed E-state index contributed by atoms with van der Waals surface area (Å²) >= 11 is -1.32. The van der Waals surface area contributed by atoms with Crippen LogP contribution >= 0.6 is 0 Å². The monoisotopic (exact) mass is 299 g/mol. The fraction of sp³-hybridized carbons (Fsp3) is 0.500. The summed E-state index contributed by atoms with van der Waals surface area (Å²) in [5.41, 5.74) is 0.291. The van der Waals surface area contributed by atoms with Crippen molar-refractivity contribution < 1.29 is 17.9 Å². The van der Waals surface area contributed by atoms with E-state index in [1.54, 1.807) is 6.08 Å². The standard InChI is InChI=1S/C14H21NO4S/c1-4-5-6-7-12(2)10-18-13(16)15-14(8-9-14)11-19-20(3)17/h4-7H,2,8-11H2,1,3H3,(H,15,16)/b5-4-,7-6-. The number of alkyl carbamates (subject to hydrolysis) is 1. The van der Waals surface area contributed by atoms with Crippen LogP contribution in [0.15, 0.2) is 36.5 Å². The van der Waals surface area contributed by atoms with E-state index >= 15 is 0 Å². The molecule has 20 heavy (non-hydrogen) atoms. The highest BCUT2D eigenvalue weighted by atomic mass is 32.2. The van der Waals surface area contributed by atoms with Gasteiger partial charge in [0.25, 0.3) is 0 Å². The van der Waals surface area contributed by atoms with Crippen LogP contribution in [-0.2, 0) is 20.0 Å². The number of carbonyl (C=O) groups is 1. The second-order valence-corrected chi connectivity index (χ2v) is 5.73. The van der Waals surface area contributed by atoms with Gasteiger partial charge >= 0.3 is 6.09 Å². The van der Waals surface area contributed by atoms with Gasteiger partial charge in [0.05, 0.1) is 12.1 Å². The summed E-state index contributed by atoms with van der Waals surface area (Å²) in [6.45, 7) is 6.07. The molecule has 0 spiro atoms. The average molecular weight is 299 g/mol. The summed E-state index contributed by atoms with van der Waals surface area (Å²) in [5, 5.41) is 2.75. The van der Waals surface area contributed by atoms with Gasteiger partial charge in [-0.2, -0.15) is 0 Å². The fourth-order valence-corrected chi connectivity index (χ4v) is 1.81. The van der Waals surface area contributed by atoms with E-state index in [1.807, 2.05) is 25.2 Å². The molecule has 0 aliphatic heterocycles. The molecule has 0 heterocycles. The molecule has 6 heteroatoms. The number of nitrogens with one attached hydrogen (secondary N) is 1. The highest BCUT2D eigenvalue weighted by Gasteiger charge is 2.45. The molecule has 1 atom stereocenters. The molecule has 1 N–H and O–H groups in total. The van der Waals surface area contributed by atoms with Crippen molar-refractivity contribution in [2.45, 2.75) is 25.3 Å². The van der Waals surface area contributed by atoms with Gasteiger partial charge in [-0.1, -0.05) is 30.9 Å². The second kappa shape index (κ2) is 8.01. The molecule has 0 radical (unpaired) electrons. The number of amides is 1. The Morgan fingerprint density at radius 2 is 2.15 bits per heavy atom. The first-order valence-corrected chi connectivity index (χ1v) is 7.84. The van der Waals surface area contributed by atoms with Crippen LogP contribution in [0.1, 0.15) is 19.8 Å². The lowest BCUT2D eigenvalue weighted by Crippen LogP contribution is -2.41.